The average molecular weight is 593 g/mol. The molecule has 3 heteroatoms. The predicted molar refractivity (Wildman–Crippen MR) is 197 cm³/mol. The number of nitrogens with zero attached hydrogens (tertiary/aromatic N) is 2. The molecule has 0 aliphatic heterocycles. The van der Waals surface area contributed by atoms with Crippen LogP contribution in [-0.4, -0.2) is 9.55 Å². The van der Waals surface area contributed by atoms with Crippen molar-refractivity contribution in [3.8, 4) is 16.9 Å². The molecule has 0 fully saturated rings. The lowest BCUT2D eigenvalue weighted by Crippen LogP contribution is -2.00. The van der Waals surface area contributed by atoms with Crippen molar-refractivity contribution < 1.29 is 0 Å². The van der Waals surface area contributed by atoms with Gasteiger partial charge in [0.1, 0.15) is 0 Å². The number of aromatic nitrogens is 2. The fraction of sp³-hybridized carbons (Fsp3) is 0.0238. The van der Waals surface area contributed by atoms with E-state index in [1.165, 1.54) is 69.0 Å². The first kappa shape index (κ1) is 25.9. The maximum Gasteiger partial charge on any atom is 0.155 e. The number of thiophene rings is 1. The van der Waals surface area contributed by atoms with Crippen LogP contribution >= 0.6 is 11.3 Å². The number of benzene rings is 6. The molecular formula is C42H28N2S. The molecule has 3 aromatic heterocycles. The Morgan fingerprint density at radius 3 is 1.91 bits per heavy atom. The van der Waals surface area contributed by atoms with Gasteiger partial charge in [-0.3, -0.25) is 4.57 Å². The summed E-state index contributed by atoms with van der Waals surface area (Å²) in [5, 5.41) is 11.4. The maximum absolute atomic E-state index is 4.99. The maximum atomic E-state index is 4.99. The SMILES string of the molecule is C=Cc1c(/C=C\C)n(-c2nccc3c2sc2ccc(-c4ccc5c6ccccc6c6ccccc6c5c4)cc23)c2ccccc12. The van der Waals surface area contributed by atoms with Crippen molar-refractivity contribution in [2.75, 3.05) is 0 Å². The smallest absolute Gasteiger partial charge is 0.155 e. The molecule has 0 amide bonds. The van der Waals surface area contributed by atoms with Crippen LogP contribution in [-0.2, 0) is 0 Å². The van der Waals surface area contributed by atoms with Gasteiger partial charge in [-0.15, -0.1) is 11.3 Å². The highest BCUT2D eigenvalue weighted by Crippen LogP contribution is 2.42. The first-order valence-electron chi connectivity index (χ1n) is 15.3. The highest BCUT2D eigenvalue weighted by atomic mass is 32.1. The van der Waals surface area contributed by atoms with E-state index in [2.05, 4.69) is 145 Å². The molecule has 0 saturated carbocycles. The third-order valence-corrected chi connectivity index (χ3v) is 10.3. The van der Waals surface area contributed by atoms with Crippen molar-refractivity contribution in [1.82, 2.24) is 9.55 Å². The quantitative estimate of drug-likeness (QED) is 0.186. The molecule has 0 aliphatic rings. The van der Waals surface area contributed by atoms with Gasteiger partial charge in [-0.2, -0.15) is 0 Å². The molecule has 9 aromatic rings. The normalized spacial score (nSPS) is 12.1. The number of fused-ring (bicyclic) bond motifs is 10. The van der Waals surface area contributed by atoms with Gasteiger partial charge in [0.2, 0.25) is 0 Å². The Morgan fingerprint density at radius 2 is 1.22 bits per heavy atom. The summed E-state index contributed by atoms with van der Waals surface area (Å²) in [7, 11) is 0. The van der Waals surface area contributed by atoms with Crippen molar-refractivity contribution in [3.63, 3.8) is 0 Å². The lowest BCUT2D eigenvalue weighted by atomic mass is 9.92. The number of hydrogen-bond donors (Lipinski definition) is 0. The number of hydrogen-bond acceptors (Lipinski definition) is 2. The minimum atomic E-state index is 0.955. The van der Waals surface area contributed by atoms with Crippen LogP contribution in [0, 0.1) is 0 Å². The second-order valence-electron chi connectivity index (χ2n) is 11.5. The van der Waals surface area contributed by atoms with Gasteiger partial charge in [-0.25, -0.2) is 4.98 Å². The van der Waals surface area contributed by atoms with Gasteiger partial charge >= 0.3 is 0 Å². The Labute approximate surface area is 264 Å². The van der Waals surface area contributed by atoms with Gasteiger partial charge in [0.05, 0.1) is 15.9 Å². The van der Waals surface area contributed by atoms with Crippen LogP contribution < -0.4 is 0 Å². The summed E-state index contributed by atoms with van der Waals surface area (Å²) in [6.45, 7) is 6.21. The molecule has 0 bridgehead atoms. The van der Waals surface area contributed by atoms with E-state index in [0.29, 0.717) is 0 Å². The summed E-state index contributed by atoms with van der Waals surface area (Å²) in [4.78, 5) is 4.99. The molecule has 3 heterocycles. The second-order valence-corrected chi connectivity index (χ2v) is 12.6. The van der Waals surface area contributed by atoms with Crippen molar-refractivity contribution in [2.45, 2.75) is 6.92 Å². The van der Waals surface area contributed by atoms with E-state index < -0.39 is 0 Å². The van der Waals surface area contributed by atoms with E-state index in [1.807, 2.05) is 23.6 Å². The van der Waals surface area contributed by atoms with Gasteiger partial charge in [-0.1, -0.05) is 104 Å². The summed E-state index contributed by atoms with van der Waals surface area (Å²) in [6.07, 6.45) is 8.16. The van der Waals surface area contributed by atoms with E-state index >= 15 is 0 Å². The van der Waals surface area contributed by atoms with Crippen molar-refractivity contribution in [1.29, 1.82) is 0 Å². The summed E-state index contributed by atoms with van der Waals surface area (Å²) in [5.41, 5.74) is 5.80. The van der Waals surface area contributed by atoms with E-state index in [-0.39, 0.29) is 0 Å². The Hall–Kier alpha value is -5.51. The minimum absolute atomic E-state index is 0.955. The van der Waals surface area contributed by atoms with E-state index in [0.717, 1.165) is 22.6 Å². The zero-order valence-electron chi connectivity index (χ0n) is 24.8. The first-order valence-corrected chi connectivity index (χ1v) is 16.1. The van der Waals surface area contributed by atoms with Gasteiger partial charge < -0.3 is 0 Å². The van der Waals surface area contributed by atoms with Crippen LogP contribution in [0.3, 0.4) is 0 Å². The standard InChI is InChI=1S/C42H28N2S/c1-3-11-38-28(4-2)34-16-9-10-17-39(34)44(38)42-41-35(22-23-43-42)37-25-27(19-21-40(37)45-41)26-18-20-33-31-14-6-5-12-29(31)30-13-7-8-15-32(30)36(33)24-26/h3-25H,2H2,1H3/b11-3-. The van der Waals surface area contributed by atoms with Crippen LogP contribution in [0.25, 0.3) is 92.5 Å². The molecule has 212 valence electrons. The van der Waals surface area contributed by atoms with Crippen LogP contribution in [0.15, 0.2) is 134 Å². The van der Waals surface area contributed by atoms with Crippen LogP contribution in [0.4, 0.5) is 0 Å². The Balaban J connectivity index is 1.27. The number of rotatable bonds is 4. The number of pyridine rings is 1. The van der Waals surface area contributed by atoms with Crippen molar-refractivity contribution in [3.05, 3.63) is 145 Å². The molecule has 0 N–H and O–H groups in total. The molecule has 0 aliphatic carbocycles. The van der Waals surface area contributed by atoms with Gasteiger partial charge in [-0.05, 0) is 86.8 Å². The fourth-order valence-corrected chi connectivity index (χ4v) is 8.32. The summed E-state index contributed by atoms with van der Waals surface area (Å²) in [6, 6.07) is 42.1. The lowest BCUT2D eigenvalue weighted by Gasteiger charge is -2.12. The van der Waals surface area contributed by atoms with Gasteiger partial charge in [0.25, 0.3) is 0 Å². The molecule has 2 nitrogen and oxygen atoms in total. The molecule has 0 atom stereocenters. The summed E-state index contributed by atoms with van der Waals surface area (Å²) < 4.78 is 4.74. The first-order chi connectivity index (χ1) is 22.2. The summed E-state index contributed by atoms with van der Waals surface area (Å²) >= 11 is 1.81. The van der Waals surface area contributed by atoms with Crippen LogP contribution in [0.5, 0.6) is 0 Å². The molecule has 0 unspecified atom stereocenters. The van der Waals surface area contributed by atoms with Crippen molar-refractivity contribution >= 4 is 86.9 Å². The summed E-state index contributed by atoms with van der Waals surface area (Å²) in [5.74, 6) is 0.955. The average Bonchev–Trinajstić information content (AvgIpc) is 3.63. The Bertz CT molecular complexity index is 2650. The number of para-hydroxylation sites is 1. The van der Waals surface area contributed by atoms with E-state index in [1.54, 1.807) is 0 Å². The molecule has 0 saturated heterocycles. The molecule has 6 aromatic carbocycles. The van der Waals surface area contributed by atoms with Gasteiger partial charge in [0, 0.05) is 32.6 Å². The highest BCUT2D eigenvalue weighted by molar-refractivity contribution is 7.26. The van der Waals surface area contributed by atoms with Gasteiger partial charge in [0.15, 0.2) is 5.82 Å². The molecular weight excluding hydrogens is 565 g/mol. The van der Waals surface area contributed by atoms with E-state index in [9.17, 15) is 0 Å². The monoisotopic (exact) mass is 592 g/mol. The Morgan fingerprint density at radius 1 is 0.622 bits per heavy atom. The molecule has 45 heavy (non-hydrogen) atoms. The molecule has 0 spiro atoms. The zero-order valence-corrected chi connectivity index (χ0v) is 25.6. The van der Waals surface area contributed by atoms with Crippen LogP contribution in [0.2, 0.25) is 0 Å². The second kappa shape index (κ2) is 10.0. The lowest BCUT2D eigenvalue weighted by molar-refractivity contribution is 1.05. The largest absolute Gasteiger partial charge is 0.293 e. The Kier molecular flexibility index (Phi) is 5.77. The predicted octanol–water partition coefficient (Wildman–Crippen LogP) is 12.2. The topological polar surface area (TPSA) is 17.8 Å². The van der Waals surface area contributed by atoms with Crippen LogP contribution in [0.1, 0.15) is 18.2 Å². The minimum Gasteiger partial charge on any atom is -0.293 e. The molecule has 9 rings (SSSR count). The third kappa shape index (κ3) is 3.78. The zero-order chi connectivity index (χ0) is 30.1. The molecule has 0 radical (unpaired) electrons. The third-order valence-electron chi connectivity index (χ3n) is 9.14. The highest BCUT2D eigenvalue weighted by Gasteiger charge is 2.19. The number of allylic oxidation sites excluding steroid dienone is 1. The van der Waals surface area contributed by atoms with E-state index in [4.69, 9.17) is 4.98 Å². The van der Waals surface area contributed by atoms with Crippen molar-refractivity contribution in [2.24, 2.45) is 0 Å². The fourth-order valence-electron chi connectivity index (χ4n) is 7.16.